The number of rotatable bonds is 6. The van der Waals surface area contributed by atoms with Gasteiger partial charge in [-0.2, -0.15) is 0 Å². The second-order valence-corrected chi connectivity index (χ2v) is 6.62. The molecule has 2 N–H and O–H groups in total. The highest BCUT2D eigenvalue weighted by Crippen LogP contribution is 2.10. The highest BCUT2D eigenvalue weighted by Gasteiger charge is 2.08. The third-order valence-corrected chi connectivity index (χ3v) is 3.73. The molecule has 0 aliphatic carbocycles. The van der Waals surface area contributed by atoms with Crippen molar-refractivity contribution in [3.63, 3.8) is 0 Å². The maximum absolute atomic E-state index is 11.6. The molecule has 7 heteroatoms. The van der Waals surface area contributed by atoms with Crippen LogP contribution in [0.15, 0.2) is 29.2 Å². The van der Waals surface area contributed by atoms with Gasteiger partial charge in [0.25, 0.3) is 0 Å². The Morgan fingerprint density at radius 1 is 1.30 bits per heavy atom. The number of urea groups is 1. The van der Waals surface area contributed by atoms with Crippen LogP contribution in [0.25, 0.3) is 0 Å². The van der Waals surface area contributed by atoms with E-state index >= 15 is 0 Å². The normalized spacial score (nSPS) is 12.8. The monoisotopic (exact) mass is 300 g/mol. The minimum atomic E-state index is -3.19. The summed E-state index contributed by atoms with van der Waals surface area (Å²) in [5, 5.41) is 5.41. The molecule has 0 radical (unpaired) electrons. The Bertz CT molecular complexity index is 540. The van der Waals surface area contributed by atoms with E-state index in [2.05, 4.69) is 10.6 Å². The Morgan fingerprint density at radius 2 is 1.90 bits per heavy atom. The summed E-state index contributed by atoms with van der Waals surface area (Å²) in [4.78, 5) is 11.8. The third-order valence-electron chi connectivity index (χ3n) is 2.60. The molecule has 20 heavy (non-hydrogen) atoms. The SMILES string of the molecule is COC[C@H](C)NC(=O)NCc1ccc(S(C)(=O)=O)cc1. The van der Waals surface area contributed by atoms with Crippen molar-refractivity contribution in [1.29, 1.82) is 0 Å². The zero-order chi connectivity index (χ0) is 15.2. The summed E-state index contributed by atoms with van der Waals surface area (Å²) in [5.41, 5.74) is 0.826. The van der Waals surface area contributed by atoms with Crippen molar-refractivity contribution in [3.05, 3.63) is 29.8 Å². The van der Waals surface area contributed by atoms with E-state index in [1.165, 1.54) is 12.1 Å². The van der Waals surface area contributed by atoms with Gasteiger partial charge in [0.2, 0.25) is 0 Å². The first-order valence-electron chi connectivity index (χ1n) is 6.15. The highest BCUT2D eigenvalue weighted by atomic mass is 32.2. The molecule has 6 nitrogen and oxygen atoms in total. The average Bonchev–Trinajstić information content (AvgIpc) is 2.36. The molecular formula is C13H20N2O4S. The average molecular weight is 300 g/mol. The number of hydrogen-bond donors (Lipinski definition) is 2. The van der Waals surface area contributed by atoms with Crippen molar-refractivity contribution in [2.24, 2.45) is 0 Å². The molecule has 0 bridgehead atoms. The Balaban J connectivity index is 2.48. The molecule has 0 aliphatic rings. The Hall–Kier alpha value is -1.60. The first-order chi connectivity index (χ1) is 9.32. The Morgan fingerprint density at radius 3 is 2.40 bits per heavy atom. The van der Waals surface area contributed by atoms with E-state index in [1.807, 2.05) is 6.92 Å². The van der Waals surface area contributed by atoms with Crippen LogP contribution in [0, 0.1) is 0 Å². The number of sulfone groups is 1. The molecule has 0 spiro atoms. The van der Waals surface area contributed by atoms with Crippen LogP contribution in [-0.4, -0.2) is 40.5 Å². The lowest BCUT2D eigenvalue weighted by Crippen LogP contribution is -2.42. The zero-order valence-corrected chi connectivity index (χ0v) is 12.7. The van der Waals surface area contributed by atoms with E-state index in [4.69, 9.17) is 4.74 Å². The fourth-order valence-electron chi connectivity index (χ4n) is 1.60. The van der Waals surface area contributed by atoms with Gasteiger partial charge in [0.05, 0.1) is 17.5 Å². The van der Waals surface area contributed by atoms with Gasteiger partial charge in [-0.25, -0.2) is 13.2 Å². The first kappa shape index (κ1) is 16.5. The highest BCUT2D eigenvalue weighted by molar-refractivity contribution is 7.90. The van der Waals surface area contributed by atoms with Crippen LogP contribution in [0.2, 0.25) is 0 Å². The molecule has 1 rings (SSSR count). The van der Waals surface area contributed by atoms with Crippen LogP contribution < -0.4 is 10.6 Å². The molecule has 0 heterocycles. The van der Waals surface area contributed by atoms with Crippen molar-refractivity contribution in [2.75, 3.05) is 20.0 Å². The molecule has 2 amide bonds. The van der Waals surface area contributed by atoms with E-state index in [9.17, 15) is 13.2 Å². The Labute approximate surface area is 119 Å². The number of nitrogens with one attached hydrogen (secondary N) is 2. The van der Waals surface area contributed by atoms with Gasteiger partial charge >= 0.3 is 6.03 Å². The van der Waals surface area contributed by atoms with Gasteiger partial charge in [-0.1, -0.05) is 12.1 Å². The van der Waals surface area contributed by atoms with Crippen molar-refractivity contribution >= 4 is 15.9 Å². The Kier molecular flexibility index (Phi) is 5.97. The molecular weight excluding hydrogens is 280 g/mol. The third kappa shape index (κ3) is 5.58. The van der Waals surface area contributed by atoms with Crippen molar-refractivity contribution < 1.29 is 17.9 Å². The second-order valence-electron chi connectivity index (χ2n) is 4.60. The number of amides is 2. The molecule has 1 atom stereocenters. The molecule has 1 aromatic carbocycles. The molecule has 112 valence electrons. The van der Waals surface area contributed by atoms with Crippen molar-refractivity contribution in [3.8, 4) is 0 Å². The lowest BCUT2D eigenvalue weighted by atomic mass is 10.2. The molecule has 0 saturated heterocycles. The smallest absolute Gasteiger partial charge is 0.315 e. The number of ether oxygens (including phenoxy) is 1. The lowest BCUT2D eigenvalue weighted by molar-refractivity contribution is 0.171. The van der Waals surface area contributed by atoms with Gasteiger partial charge < -0.3 is 15.4 Å². The van der Waals surface area contributed by atoms with Crippen LogP contribution in [0.3, 0.4) is 0 Å². The minimum Gasteiger partial charge on any atom is -0.383 e. The summed E-state index contributed by atoms with van der Waals surface area (Å²) >= 11 is 0. The van der Waals surface area contributed by atoms with E-state index in [-0.39, 0.29) is 17.0 Å². The summed E-state index contributed by atoms with van der Waals surface area (Å²) < 4.78 is 27.5. The molecule has 0 aromatic heterocycles. The quantitative estimate of drug-likeness (QED) is 0.818. The van der Waals surface area contributed by atoms with E-state index in [0.717, 1.165) is 11.8 Å². The summed E-state index contributed by atoms with van der Waals surface area (Å²) in [6.07, 6.45) is 1.16. The summed E-state index contributed by atoms with van der Waals surface area (Å²) in [5.74, 6) is 0. The lowest BCUT2D eigenvalue weighted by Gasteiger charge is -2.13. The summed E-state index contributed by atoms with van der Waals surface area (Å²) in [6, 6.07) is 6.04. The van der Waals surface area contributed by atoms with Gasteiger partial charge in [0.15, 0.2) is 9.84 Å². The number of carbonyl (C=O) groups excluding carboxylic acids is 1. The largest absolute Gasteiger partial charge is 0.383 e. The molecule has 0 unspecified atom stereocenters. The van der Waals surface area contributed by atoms with Crippen LogP contribution in [0.5, 0.6) is 0 Å². The zero-order valence-electron chi connectivity index (χ0n) is 11.8. The second kappa shape index (κ2) is 7.25. The van der Waals surface area contributed by atoms with Gasteiger partial charge in [-0.15, -0.1) is 0 Å². The molecule has 0 saturated carbocycles. The van der Waals surface area contributed by atoms with Gasteiger partial charge in [0, 0.05) is 19.9 Å². The maximum atomic E-state index is 11.6. The molecule has 1 aromatic rings. The van der Waals surface area contributed by atoms with Crippen LogP contribution >= 0.6 is 0 Å². The van der Waals surface area contributed by atoms with Gasteiger partial charge in [0.1, 0.15) is 0 Å². The topological polar surface area (TPSA) is 84.5 Å². The number of benzene rings is 1. The molecule has 0 fully saturated rings. The fraction of sp³-hybridized carbons (Fsp3) is 0.462. The van der Waals surface area contributed by atoms with Crippen LogP contribution in [0.4, 0.5) is 4.79 Å². The standard InChI is InChI=1S/C13H20N2O4S/c1-10(9-19-2)15-13(16)14-8-11-4-6-12(7-5-11)20(3,17)18/h4-7,10H,8-9H2,1-3H3,(H2,14,15,16)/t10-/m0/s1. The predicted molar refractivity (Wildman–Crippen MR) is 76.3 cm³/mol. The number of carbonyl (C=O) groups is 1. The van der Waals surface area contributed by atoms with Crippen LogP contribution in [-0.2, 0) is 21.1 Å². The number of hydrogen-bond acceptors (Lipinski definition) is 4. The maximum Gasteiger partial charge on any atom is 0.315 e. The fourth-order valence-corrected chi connectivity index (χ4v) is 2.23. The number of methoxy groups -OCH3 is 1. The van der Waals surface area contributed by atoms with Gasteiger partial charge in [-0.3, -0.25) is 0 Å². The van der Waals surface area contributed by atoms with Crippen molar-refractivity contribution in [1.82, 2.24) is 10.6 Å². The minimum absolute atomic E-state index is 0.0763. The van der Waals surface area contributed by atoms with Crippen LogP contribution in [0.1, 0.15) is 12.5 Å². The van der Waals surface area contributed by atoms with E-state index < -0.39 is 9.84 Å². The predicted octanol–water partition coefficient (Wildman–Crippen LogP) is 0.924. The summed E-state index contributed by atoms with van der Waals surface area (Å²) in [7, 11) is -1.62. The van der Waals surface area contributed by atoms with E-state index in [0.29, 0.717) is 13.2 Å². The molecule has 0 aliphatic heterocycles. The van der Waals surface area contributed by atoms with Crippen molar-refractivity contribution in [2.45, 2.75) is 24.4 Å². The first-order valence-corrected chi connectivity index (χ1v) is 8.04. The van der Waals surface area contributed by atoms with E-state index in [1.54, 1.807) is 19.2 Å². The van der Waals surface area contributed by atoms with Gasteiger partial charge in [-0.05, 0) is 24.6 Å². The summed E-state index contributed by atoms with van der Waals surface area (Å²) in [6.45, 7) is 2.61.